The minimum absolute atomic E-state index is 0.425. The summed E-state index contributed by atoms with van der Waals surface area (Å²) in [4.78, 5) is 4.46. The molecule has 1 aromatic heterocycles. The van der Waals surface area contributed by atoms with Gasteiger partial charge in [0.2, 0.25) is 0 Å². The molecule has 3 atom stereocenters. The molecule has 0 aliphatic heterocycles. The van der Waals surface area contributed by atoms with Gasteiger partial charge >= 0.3 is 0 Å². The van der Waals surface area contributed by atoms with E-state index in [0.29, 0.717) is 11.5 Å². The molecule has 0 saturated heterocycles. The number of nitrogens with zero attached hydrogens (tertiary/aromatic N) is 3. The largest absolute Gasteiger partial charge is 0.314 e. The highest BCUT2D eigenvalue weighted by molar-refractivity contribution is 5.06. The van der Waals surface area contributed by atoms with E-state index in [1.165, 1.54) is 25.7 Å². The molecule has 4 nitrogen and oxygen atoms in total. The third-order valence-corrected chi connectivity index (χ3v) is 5.28. The maximum Gasteiger partial charge on any atom is 0.138 e. The molecule has 1 aromatic rings. The topological polar surface area (TPSA) is 42.7 Å². The zero-order valence-corrected chi connectivity index (χ0v) is 12.4. The molecular weight excluding hydrogens is 236 g/mol. The van der Waals surface area contributed by atoms with Crippen LogP contribution in [0, 0.1) is 17.3 Å². The molecule has 2 aliphatic rings. The normalized spacial score (nSPS) is 33.5. The predicted molar refractivity (Wildman–Crippen MR) is 75.7 cm³/mol. The number of aryl methyl sites for hydroxylation is 1. The number of fused-ring (bicyclic) bond motifs is 2. The van der Waals surface area contributed by atoms with Gasteiger partial charge in [-0.25, -0.2) is 4.98 Å². The lowest BCUT2D eigenvalue weighted by molar-refractivity contribution is 0.148. The third-order valence-electron chi connectivity index (χ3n) is 5.28. The van der Waals surface area contributed by atoms with Crippen LogP contribution in [0.3, 0.4) is 0 Å². The Morgan fingerprint density at radius 2 is 2.32 bits per heavy atom. The second-order valence-electron chi connectivity index (χ2n) is 6.95. The van der Waals surface area contributed by atoms with Crippen molar-refractivity contribution in [2.24, 2.45) is 24.3 Å². The molecule has 3 unspecified atom stereocenters. The van der Waals surface area contributed by atoms with Gasteiger partial charge in [0.05, 0.1) is 0 Å². The van der Waals surface area contributed by atoms with Gasteiger partial charge < -0.3 is 5.32 Å². The summed E-state index contributed by atoms with van der Waals surface area (Å²) in [5, 5.41) is 7.92. The molecule has 0 spiro atoms. The Bertz CT molecular complexity index is 439. The van der Waals surface area contributed by atoms with Gasteiger partial charge in [0.15, 0.2) is 0 Å². The molecule has 1 N–H and O–H groups in total. The lowest BCUT2D eigenvalue weighted by atomic mass is 9.70. The Balaban J connectivity index is 1.79. The zero-order chi connectivity index (χ0) is 13.5. The summed E-state index contributed by atoms with van der Waals surface area (Å²) in [6.45, 7) is 5.62. The van der Waals surface area contributed by atoms with Gasteiger partial charge in [0, 0.05) is 26.1 Å². The van der Waals surface area contributed by atoms with E-state index in [1.807, 2.05) is 11.7 Å². The van der Waals surface area contributed by atoms with E-state index in [9.17, 15) is 0 Å². The first-order valence-electron chi connectivity index (χ1n) is 7.65. The number of nitrogens with one attached hydrogen (secondary N) is 1. The molecule has 2 saturated carbocycles. The van der Waals surface area contributed by atoms with Crippen molar-refractivity contribution >= 4 is 0 Å². The van der Waals surface area contributed by atoms with Crippen LogP contribution >= 0.6 is 0 Å². The highest BCUT2D eigenvalue weighted by Gasteiger charge is 2.50. The summed E-state index contributed by atoms with van der Waals surface area (Å²) in [7, 11) is 2.01. The van der Waals surface area contributed by atoms with E-state index in [1.54, 1.807) is 6.33 Å². The Kier molecular flexibility index (Phi) is 3.37. The number of hydrogen-bond donors (Lipinski definition) is 1. The van der Waals surface area contributed by atoms with Crippen LogP contribution in [-0.2, 0) is 13.5 Å². The first kappa shape index (κ1) is 13.1. The summed E-state index contributed by atoms with van der Waals surface area (Å²) in [5.41, 5.74) is 0.425. The van der Waals surface area contributed by atoms with Crippen molar-refractivity contribution in [1.82, 2.24) is 20.1 Å². The van der Waals surface area contributed by atoms with Crippen molar-refractivity contribution in [3.05, 3.63) is 12.2 Å². The predicted octanol–water partition coefficient (Wildman–Crippen LogP) is 2.16. The molecule has 2 bridgehead atoms. The molecular formula is C15H26N4. The molecule has 106 valence electrons. The molecule has 19 heavy (non-hydrogen) atoms. The van der Waals surface area contributed by atoms with Gasteiger partial charge in [-0.05, 0) is 36.5 Å². The van der Waals surface area contributed by atoms with Crippen LogP contribution in [0.2, 0.25) is 0 Å². The van der Waals surface area contributed by atoms with Crippen molar-refractivity contribution in [2.75, 3.05) is 6.54 Å². The van der Waals surface area contributed by atoms with Gasteiger partial charge in [-0.1, -0.05) is 20.3 Å². The minimum atomic E-state index is 0.425. The van der Waals surface area contributed by atoms with Gasteiger partial charge in [0.25, 0.3) is 0 Å². The van der Waals surface area contributed by atoms with Crippen LogP contribution < -0.4 is 5.32 Å². The second-order valence-corrected chi connectivity index (χ2v) is 6.95. The summed E-state index contributed by atoms with van der Waals surface area (Å²) >= 11 is 0. The fourth-order valence-electron chi connectivity index (χ4n) is 4.26. The van der Waals surface area contributed by atoms with E-state index in [-0.39, 0.29) is 0 Å². The van der Waals surface area contributed by atoms with Crippen LogP contribution in [0.4, 0.5) is 0 Å². The highest BCUT2D eigenvalue weighted by Crippen LogP contribution is 2.56. The Labute approximate surface area is 116 Å². The second kappa shape index (κ2) is 4.89. The maximum absolute atomic E-state index is 4.46. The van der Waals surface area contributed by atoms with Gasteiger partial charge in [-0.3, -0.25) is 4.68 Å². The van der Waals surface area contributed by atoms with Crippen LogP contribution in [0.5, 0.6) is 0 Å². The number of aromatic nitrogens is 3. The Morgan fingerprint density at radius 1 is 1.47 bits per heavy atom. The van der Waals surface area contributed by atoms with Crippen molar-refractivity contribution < 1.29 is 0 Å². The van der Waals surface area contributed by atoms with Gasteiger partial charge in [-0.2, -0.15) is 5.10 Å². The SMILES string of the molecule is CC(C)NCC1(Cc2ncnn2C)CC2CCC1C2. The van der Waals surface area contributed by atoms with Gasteiger partial charge in [0.1, 0.15) is 12.2 Å². The number of hydrogen-bond acceptors (Lipinski definition) is 3. The summed E-state index contributed by atoms with van der Waals surface area (Å²) in [5.74, 6) is 3.01. The van der Waals surface area contributed by atoms with Crippen LogP contribution in [0.15, 0.2) is 6.33 Å². The smallest absolute Gasteiger partial charge is 0.138 e. The van der Waals surface area contributed by atoms with Crippen LogP contribution in [-0.4, -0.2) is 27.4 Å². The van der Waals surface area contributed by atoms with E-state index in [4.69, 9.17) is 0 Å². The zero-order valence-electron chi connectivity index (χ0n) is 12.4. The average molecular weight is 262 g/mol. The molecule has 2 aliphatic carbocycles. The van der Waals surface area contributed by atoms with Crippen LogP contribution in [0.25, 0.3) is 0 Å². The maximum atomic E-state index is 4.46. The van der Waals surface area contributed by atoms with Crippen molar-refractivity contribution in [2.45, 2.75) is 52.0 Å². The monoisotopic (exact) mass is 262 g/mol. The summed E-state index contributed by atoms with van der Waals surface area (Å²) in [6, 6.07) is 0.565. The average Bonchev–Trinajstić information content (AvgIpc) is 3.05. The third kappa shape index (κ3) is 2.42. The van der Waals surface area contributed by atoms with E-state index in [0.717, 1.165) is 30.6 Å². The molecule has 2 fully saturated rings. The molecule has 0 amide bonds. The molecule has 1 heterocycles. The molecule has 3 rings (SSSR count). The first-order valence-corrected chi connectivity index (χ1v) is 7.65. The van der Waals surface area contributed by atoms with Crippen molar-refractivity contribution in [3.63, 3.8) is 0 Å². The molecule has 0 radical (unpaired) electrons. The summed E-state index contributed by atoms with van der Waals surface area (Å²) in [6.07, 6.45) is 8.47. The Morgan fingerprint density at radius 3 is 2.84 bits per heavy atom. The van der Waals surface area contributed by atoms with Gasteiger partial charge in [-0.15, -0.1) is 0 Å². The summed E-state index contributed by atoms with van der Waals surface area (Å²) < 4.78 is 1.95. The fourth-order valence-corrected chi connectivity index (χ4v) is 4.26. The van der Waals surface area contributed by atoms with E-state index < -0.39 is 0 Å². The lowest BCUT2D eigenvalue weighted by Crippen LogP contribution is -2.43. The van der Waals surface area contributed by atoms with Crippen molar-refractivity contribution in [1.29, 1.82) is 0 Å². The first-order chi connectivity index (χ1) is 9.09. The lowest BCUT2D eigenvalue weighted by Gasteiger charge is -2.38. The van der Waals surface area contributed by atoms with E-state index >= 15 is 0 Å². The van der Waals surface area contributed by atoms with Crippen molar-refractivity contribution in [3.8, 4) is 0 Å². The van der Waals surface area contributed by atoms with E-state index in [2.05, 4.69) is 29.2 Å². The standard InChI is InChI=1S/C15H26N4/c1-11(2)16-9-15(7-12-4-5-13(15)6-12)8-14-17-10-18-19(14)3/h10-13,16H,4-9H2,1-3H3. The number of rotatable bonds is 5. The highest BCUT2D eigenvalue weighted by atomic mass is 15.3. The quantitative estimate of drug-likeness (QED) is 0.884. The van der Waals surface area contributed by atoms with Crippen LogP contribution in [0.1, 0.15) is 45.4 Å². The Hall–Kier alpha value is -0.900. The minimum Gasteiger partial charge on any atom is -0.314 e. The molecule has 4 heteroatoms. The molecule has 0 aromatic carbocycles. The fraction of sp³-hybridized carbons (Fsp3) is 0.867.